The van der Waals surface area contributed by atoms with Crippen LogP contribution >= 0.6 is 0 Å². The quantitative estimate of drug-likeness (QED) is 0.278. The lowest BCUT2D eigenvalue weighted by Gasteiger charge is -2.20. The van der Waals surface area contributed by atoms with Crippen LogP contribution in [0.5, 0.6) is 0 Å². The van der Waals surface area contributed by atoms with Crippen LogP contribution in [0.25, 0.3) is 0 Å². The standard InChI is InChI=1S/C15H23N3O6/c1-9(2)7-8-10(16-12(20)13(21)23-6)11(19)17-18-14(22)24-15(3,4)5/h9-10H,1-6H3,(H,16,20)(H,17,19)(H,18,22)/t10-/m0/s1. The number of amides is 3. The molecule has 0 bridgehead atoms. The first-order valence-corrected chi connectivity index (χ1v) is 7.15. The maximum atomic E-state index is 12.0. The summed E-state index contributed by atoms with van der Waals surface area (Å²) in [5, 5.41) is 2.10. The number of rotatable bonds is 2. The van der Waals surface area contributed by atoms with Crippen molar-refractivity contribution in [2.75, 3.05) is 7.11 Å². The summed E-state index contributed by atoms with van der Waals surface area (Å²) in [6.45, 7) is 8.53. The first-order chi connectivity index (χ1) is 11.0. The molecule has 134 valence electrons. The Morgan fingerprint density at radius 3 is 2.04 bits per heavy atom. The molecule has 0 heterocycles. The number of ether oxygens (including phenoxy) is 2. The van der Waals surface area contributed by atoms with Crippen molar-refractivity contribution in [3.05, 3.63) is 0 Å². The minimum absolute atomic E-state index is 0.0749. The first kappa shape index (κ1) is 21.2. The third-order valence-electron chi connectivity index (χ3n) is 2.11. The second-order valence-electron chi connectivity index (χ2n) is 5.96. The molecule has 0 fully saturated rings. The Hall–Kier alpha value is -2.76. The highest BCUT2D eigenvalue weighted by molar-refractivity contribution is 6.33. The molecule has 0 aromatic rings. The molecule has 9 heteroatoms. The Bertz CT molecular complexity index is 554. The average Bonchev–Trinajstić information content (AvgIpc) is 2.45. The normalized spacial score (nSPS) is 11.5. The van der Waals surface area contributed by atoms with Crippen molar-refractivity contribution < 1.29 is 28.7 Å². The highest BCUT2D eigenvalue weighted by atomic mass is 16.6. The summed E-state index contributed by atoms with van der Waals surface area (Å²) in [5.74, 6) is 1.98. The summed E-state index contributed by atoms with van der Waals surface area (Å²) in [7, 11) is 1.03. The van der Waals surface area contributed by atoms with Gasteiger partial charge in [-0.1, -0.05) is 25.7 Å². The van der Waals surface area contributed by atoms with E-state index in [0.717, 1.165) is 7.11 Å². The Kier molecular flexibility index (Phi) is 8.31. The fraction of sp³-hybridized carbons (Fsp3) is 0.600. The monoisotopic (exact) mass is 341 g/mol. The largest absolute Gasteiger partial charge is 0.462 e. The average molecular weight is 341 g/mol. The van der Waals surface area contributed by atoms with Crippen LogP contribution < -0.4 is 16.2 Å². The van der Waals surface area contributed by atoms with Crippen LogP contribution in [-0.4, -0.2) is 42.6 Å². The van der Waals surface area contributed by atoms with Gasteiger partial charge in [0.05, 0.1) is 7.11 Å². The minimum atomic E-state index is -1.35. The van der Waals surface area contributed by atoms with Crippen molar-refractivity contribution in [2.45, 2.75) is 46.3 Å². The molecule has 0 radical (unpaired) electrons. The lowest BCUT2D eigenvalue weighted by molar-refractivity contribution is -0.153. The lowest BCUT2D eigenvalue weighted by atomic mass is 10.2. The van der Waals surface area contributed by atoms with Gasteiger partial charge in [-0.3, -0.25) is 15.0 Å². The molecule has 3 N–H and O–H groups in total. The lowest BCUT2D eigenvalue weighted by Crippen LogP contribution is -2.53. The van der Waals surface area contributed by atoms with Gasteiger partial charge >= 0.3 is 18.0 Å². The third kappa shape index (κ3) is 9.30. The van der Waals surface area contributed by atoms with Crippen molar-refractivity contribution in [3.63, 3.8) is 0 Å². The van der Waals surface area contributed by atoms with E-state index in [-0.39, 0.29) is 5.92 Å². The summed E-state index contributed by atoms with van der Waals surface area (Å²) in [6.07, 6.45) is -0.884. The van der Waals surface area contributed by atoms with Gasteiger partial charge in [-0.25, -0.2) is 15.0 Å². The second kappa shape index (κ2) is 9.39. The molecular formula is C15H23N3O6. The van der Waals surface area contributed by atoms with E-state index in [1.807, 2.05) is 5.43 Å². The second-order valence-corrected chi connectivity index (χ2v) is 5.96. The number of carbonyl (C=O) groups excluding carboxylic acids is 4. The van der Waals surface area contributed by atoms with Crippen LogP contribution in [-0.2, 0) is 23.9 Å². The number of nitrogens with one attached hydrogen (secondary N) is 3. The van der Waals surface area contributed by atoms with E-state index in [9.17, 15) is 19.2 Å². The zero-order valence-electron chi connectivity index (χ0n) is 14.6. The topological polar surface area (TPSA) is 123 Å². The van der Waals surface area contributed by atoms with Crippen molar-refractivity contribution in [1.82, 2.24) is 16.2 Å². The van der Waals surface area contributed by atoms with Gasteiger partial charge in [0, 0.05) is 5.92 Å². The zero-order chi connectivity index (χ0) is 18.9. The van der Waals surface area contributed by atoms with Gasteiger partial charge < -0.3 is 14.8 Å². The Labute approximate surface area is 140 Å². The van der Waals surface area contributed by atoms with Crippen molar-refractivity contribution >= 4 is 23.9 Å². The molecule has 1 atom stereocenters. The summed E-state index contributed by atoms with van der Waals surface area (Å²) >= 11 is 0. The molecule has 0 aromatic carbocycles. The van der Waals surface area contributed by atoms with E-state index in [2.05, 4.69) is 27.3 Å². The number of hydrazine groups is 1. The number of hydrogen-bond acceptors (Lipinski definition) is 6. The van der Waals surface area contributed by atoms with E-state index in [0.29, 0.717) is 0 Å². The van der Waals surface area contributed by atoms with Gasteiger partial charge in [-0.2, -0.15) is 0 Å². The molecule has 24 heavy (non-hydrogen) atoms. The van der Waals surface area contributed by atoms with E-state index < -0.39 is 35.5 Å². The predicted molar refractivity (Wildman–Crippen MR) is 84.1 cm³/mol. The molecule has 3 amide bonds. The summed E-state index contributed by atoms with van der Waals surface area (Å²) in [6, 6.07) is -1.35. The summed E-state index contributed by atoms with van der Waals surface area (Å²) < 4.78 is 9.19. The molecule has 0 saturated heterocycles. The maximum Gasteiger partial charge on any atom is 0.426 e. The Balaban J connectivity index is 4.87. The fourth-order valence-corrected chi connectivity index (χ4v) is 1.19. The van der Waals surface area contributed by atoms with Crippen LogP contribution in [0.15, 0.2) is 0 Å². The maximum absolute atomic E-state index is 12.0. The van der Waals surface area contributed by atoms with Gasteiger partial charge in [0.25, 0.3) is 5.91 Å². The van der Waals surface area contributed by atoms with Crippen molar-refractivity contribution in [3.8, 4) is 11.8 Å². The van der Waals surface area contributed by atoms with Crippen LogP contribution in [0.3, 0.4) is 0 Å². The smallest absolute Gasteiger partial charge is 0.426 e. The van der Waals surface area contributed by atoms with Gasteiger partial charge in [0.1, 0.15) is 5.60 Å². The van der Waals surface area contributed by atoms with E-state index in [1.165, 1.54) is 0 Å². The van der Waals surface area contributed by atoms with Crippen LogP contribution in [0, 0.1) is 17.8 Å². The SMILES string of the molecule is COC(=O)C(=O)N[C@@H](C#CC(C)C)C(=O)NNC(=O)OC(C)(C)C. The minimum Gasteiger partial charge on any atom is -0.462 e. The molecule has 0 aliphatic rings. The van der Waals surface area contributed by atoms with E-state index >= 15 is 0 Å². The molecule has 9 nitrogen and oxygen atoms in total. The molecule has 0 aromatic heterocycles. The number of carbonyl (C=O) groups is 4. The van der Waals surface area contributed by atoms with Crippen LogP contribution in [0.1, 0.15) is 34.6 Å². The van der Waals surface area contributed by atoms with Crippen LogP contribution in [0.4, 0.5) is 4.79 Å². The Morgan fingerprint density at radius 2 is 1.58 bits per heavy atom. The molecular weight excluding hydrogens is 318 g/mol. The van der Waals surface area contributed by atoms with E-state index in [1.54, 1.807) is 34.6 Å². The van der Waals surface area contributed by atoms with Gasteiger partial charge in [-0.15, -0.1) is 0 Å². The van der Waals surface area contributed by atoms with E-state index in [4.69, 9.17) is 4.74 Å². The van der Waals surface area contributed by atoms with Crippen molar-refractivity contribution in [1.29, 1.82) is 0 Å². The Morgan fingerprint density at radius 1 is 1.00 bits per heavy atom. The summed E-state index contributed by atoms with van der Waals surface area (Å²) in [5.41, 5.74) is 3.34. The van der Waals surface area contributed by atoms with Crippen LogP contribution in [0.2, 0.25) is 0 Å². The number of hydrogen-bond donors (Lipinski definition) is 3. The highest BCUT2D eigenvalue weighted by Crippen LogP contribution is 2.05. The highest BCUT2D eigenvalue weighted by Gasteiger charge is 2.24. The predicted octanol–water partition coefficient (Wildman–Crippen LogP) is -0.140. The first-order valence-electron chi connectivity index (χ1n) is 7.15. The molecule has 0 unspecified atom stereocenters. The van der Waals surface area contributed by atoms with Crippen molar-refractivity contribution in [2.24, 2.45) is 5.92 Å². The zero-order valence-corrected chi connectivity index (χ0v) is 14.6. The fourth-order valence-electron chi connectivity index (χ4n) is 1.19. The summed E-state index contributed by atoms with van der Waals surface area (Å²) in [4.78, 5) is 46.1. The number of methoxy groups -OCH3 is 1. The van der Waals surface area contributed by atoms with Gasteiger partial charge in [0.2, 0.25) is 0 Å². The molecule has 0 aliphatic carbocycles. The molecule has 0 spiro atoms. The molecule has 0 aliphatic heterocycles. The number of esters is 1. The third-order valence-corrected chi connectivity index (χ3v) is 2.11. The molecule has 0 rings (SSSR count). The van der Waals surface area contributed by atoms with Gasteiger partial charge in [0.15, 0.2) is 6.04 Å². The van der Waals surface area contributed by atoms with Gasteiger partial charge in [-0.05, 0) is 20.8 Å². The molecule has 0 saturated carbocycles.